The lowest BCUT2D eigenvalue weighted by Gasteiger charge is -2.10. The Morgan fingerprint density at radius 3 is 2.64 bits per heavy atom. The minimum atomic E-state index is -0.774. The highest BCUT2D eigenvalue weighted by Gasteiger charge is 2.24. The van der Waals surface area contributed by atoms with Crippen molar-refractivity contribution < 1.29 is 9.59 Å². The number of carbonyl (C=O) groups excluding carboxylic acids is 2. The minimum absolute atomic E-state index is 0.0399. The molecule has 0 saturated heterocycles. The fraction of sp³-hybridized carbons (Fsp3) is 0.100. The fourth-order valence-electron chi connectivity index (χ4n) is 3.03. The van der Waals surface area contributed by atoms with Crippen LogP contribution in [0.2, 0.25) is 0 Å². The summed E-state index contributed by atoms with van der Waals surface area (Å²) in [6, 6.07) is 13.0. The van der Waals surface area contributed by atoms with Gasteiger partial charge in [0.25, 0.3) is 11.8 Å². The van der Waals surface area contributed by atoms with Gasteiger partial charge in [0.05, 0.1) is 11.0 Å². The zero-order chi connectivity index (χ0) is 19.8. The largest absolute Gasteiger partial charge is 0.364 e. The van der Waals surface area contributed by atoms with E-state index in [4.69, 9.17) is 5.73 Å². The van der Waals surface area contributed by atoms with Gasteiger partial charge in [-0.05, 0) is 43.2 Å². The van der Waals surface area contributed by atoms with Crippen LogP contribution in [0, 0.1) is 13.8 Å². The lowest BCUT2D eigenvalue weighted by Crippen LogP contribution is -2.23. The van der Waals surface area contributed by atoms with Crippen LogP contribution in [0.15, 0.2) is 48.8 Å². The topological polar surface area (TPSA) is 119 Å². The maximum atomic E-state index is 12.8. The monoisotopic (exact) mass is 374 g/mol. The second kappa shape index (κ2) is 6.66. The first-order valence-electron chi connectivity index (χ1n) is 8.65. The van der Waals surface area contributed by atoms with Gasteiger partial charge in [-0.25, -0.2) is 9.97 Å². The van der Waals surface area contributed by atoms with Crippen LogP contribution in [0.5, 0.6) is 0 Å². The molecule has 8 nitrogen and oxygen atoms in total. The molecule has 4 rings (SSSR count). The predicted molar refractivity (Wildman–Crippen MR) is 106 cm³/mol. The molecule has 2 amide bonds. The van der Waals surface area contributed by atoms with Gasteiger partial charge in [0.15, 0.2) is 5.69 Å². The summed E-state index contributed by atoms with van der Waals surface area (Å²) in [5, 5.41) is 2.80. The quantitative estimate of drug-likeness (QED) is 0.509. The van der Waals surface area contributed by atoms with Crippen LogP contribution in [-0.2, 0) is 0 Å². The highest BCUT2D eigenvalue weighted by Crippen LogP contribution is 2.21. The summed E-state index contributed by atoms with van der Waals surface area (Å²) in [5.41, 5.74) is 9.61. The minimum Gasteiger partial charge on any atom is -0.364 e. The van der Waals surface area contributed by atoms with E-state index in [1.54, 1.807) is 6.07 Å². The first-order chi connectivity index (χ1) is 13.5. The Morgan fingerprint density at radius 2 is 1.89 bits per heavy atom. The van der Waals surface area contributed by atoms with E-state index in [1.807, 2.05) is 50.2 Å². The van der Waals surface area contributed by atoms with Gasteiger partial charge >= 0.3 is 0 Å². The summed E-state index contributed by atoms with van der Waals surface area (Å²) >= 11 is 0. The van der Waals surface area contributed by atoms with Gasteiger partial charge in [-0.2, -0.15) is 0 Å². The number of aryl methyl sites for hydroxylation is 1. The van der Waals surface area contributed by atoms with Crippen molar-refractivity contribution in [3.8, 4) is 5.95 Å². The SMILES string of the molecule is Cc1cccc(NC(=O)c2ncn(-c3nc4ccccc4[nH]3)c2C(N)=O)c1C. The summed E-state index contributed by atoms with van der Waals surface area (Å²) < 4.78 is 1.39. The Labute approximate surface area is 160 Å². The number of hydrogen-bond donors (Lipinski definition) is 3. The number of rotatable bonds is 4. The molecule has 0 aliphatic heterocycles. The highest BCUT2D eigenvalue weighted by molar-refractivity contribution is 6.10. The number of primary amides is 1. The van der Waals surface area contributed by atoms with Crippen molar-refractivity contribution in [1.29, 1.82) is 0 Å². The van der Waals surface area contributed by atoms with Crippen LogP contribution in [0.25, 0.3) is 17.0 Å². The summed E-state index contributed by atoms with van der Waals surface area (Å²) in [7, 11) is 0. The number of fused-ring (bicyclic) bond motifs is 1. The molecule has 8 heteroatoms. The van der Waals surface area contributed by atoms with Crippen molar-refractivity contribution in [2.45, 2.75) is 13.8 Å². The molecule has 2 heterocycles. The lowest BCUT2D eigenvalue weighted by molar-refractivity contribution is 0.0970. The number of benzene rings is 2. The van der Waals surface area contributed by atoms with Gasteiger partial charge in [0.2, 0.25) is 5.95 Å². The van der Waals surface area contributed by atoms with Gasteiger partial charge in [-0.3, -0.25) is 14.2 Å². The standard InChI is InChI=1S/C20H18N6O2/c1-11-6-5-9-13(12(11)2)23-19(28)16-17(18(21)27)26(10-22-16)20-24-14-7-3-4-8-15(14)25-20/h3-10H,1-2H3,(H2,21,27)(H,23,28)(H,24,25). The third kappa shape index (κ3) is 2.90. The summed E-state index contributed by atoms with van der Waals surface area (Å²) in [5.74, 6) is -0.935. The van der Waals surface area contributed by atoms with Gasteiger partial charge in [0, 0.05) is 5.69 Å². The average molecular weight is 374 g/mol. The molecular formula is C20H18N6O2. The van der Waals surface area contributed by atoms with Crippen LogP contribution in [0.3, 0.4) is 0 Å². The molecule has 140 valence electrons. The van der Waals surface area contributed by atoms with Crippen molar-refractivity contribution >= 4 is 28.5 Å². The number of aromatic amines is 1. The van der Waals surface area contributed by atoms with E-state index in [0.29, 0.717) is 11.6 Å². The average Bonchev–Trinajstić information content (AvgIpc) is 3.29. The van der Waals surface area contributed by atoms with E-state index in [1.165, 1.54) is 10.9 Å². The molecule has 0 spiro atoms. The van der Waals surface area contributed by atoms with Crippen molar-refractivity contribution in [1.82, 2.24) is 19.5 Å². The Kier molecular flexibility index (Phi) is 4.15. The number of nitrogens with zero attached hydrogens (tertiary/aromatic N) is 3. The molecule has 0 atom stereocenters. The number of carbonyl (C=O) groups is 2. The van der Waals surface area contributed by atoms with E-state index in [-0.39, 0.29) is 11.4 Å². The second-order valence-corrected chi connectivity index (χ2v) is 6.46. The van der Waals surface area contributed by atoms with E-state index >= 15 is 0 Å². The molecule has 0 fully saturated rings. The smallest absolute Gasteiger partial charge is 0.276 e. The summed E-state index contributed by atoms with van der Waals surface area (Å²) in [4.78, 5) is 36.6. The molecule has 2 aromatic heterocycles. The number of H-pyrrole nitrogens is 1. The molecule has 0 unspecified atom stereocenters. The molecular weight excluding hydrogens is 356 g/mol. The molecule has 4 N–H and O–H groups in total. The van der Waals surface area contributed by atoms with Gasteiger partial charge in [-0.1, -0.05) is 24.3 Å². The van der Waals surface area contributed by atoms with Crippen LogP contribution < -0.4 is 11.1 Å². The van der Waals surface area contributed by atoms with E-state index in [9.17, 15) is 9.59 Å². The number of para-hydroxylation sites is 2. The van der Waals surface area contributed by atoms with E-state index in [0.717, 1.165) is 22.2 Å². The van der Waals surface area contributed by atoms with Gasteiger partial charge in [0.1, 0.15) is 12.0 Å². The molecule has 4 aromatic rings. The number of nitrogens with two attached hydrogens (primary N) is 1. The number of imidazole rings is 2. The molecule has 28 heavy (non-hydrogen) atoms. The maximum absolute atomic E-state index is 12.8. The maximum Gasteiger partial charge on any atom is 0.276 e. The number of nitrogens with one attached hydrogen (secondary N) is 2. The van der Waals surface area contributed by atoms with Crippen molar-refractivity contribution in [3.05, 3.63) is 71.3 Å². The molecule has 0 aliphatic carbocycles. The number of anilines is 1. The van der Waals surface area contributed by atoms with Crippen molar-refractivity contribution in [3.63, 3.8) is 0 Å². The zero-order valence-electron chi connectivity index (χ0n) is 15.4. The van der Waals surface area contributed by atoms with Crippen LogP contribution in [0.4, 0.5) is 5.69 Å². The van der Waals surface area contributed by atoms with Crippen molar-refractivity contribution in [2.75, 3.05) is 5.32 Å². The first kappa shape index (κ1) is 17.5. The predicted octanol–water partition coefficient (Wildman–Crippen LogP) is 2.72. The Bertz CT molecular complexity index is 1190. The number of amides is 2. The Balaban J connectivity index is 1.75. The van der Waals surface area contributed by atoms with Gasteiger partial charge < -0.3 is 16.0 Å². The Morgan fingerprint density at radius 1 is 1.11 bits per heavy atom. The number of hydrogen-bond acceptors (Lipinski definition) is 4. The molecule has 0 bridgehead atoms. The van der Waals surface area contributed by atoms with E-state index in [2.05, 4.69) is 20.3 Å². The van der Waals surface area contributed by atoms with Gasteiger partial charge in [-0.15, -0.1) is 0 Å². The second-order valence-electron chi connectivity index (χ2n) is 6.46. The summed E-state index contributed by atoms with van der Waals surface area (Å²) in [6.45, 7) is 3.86. The molecule has 0 radical (unpaired) electrons. The van der Waals surface area contributed by atoms with E-state index < -0.39 is 11.8 Å². The number of aromatic nitrogens is 4. The normalized spacial score (nSPS) is 10.9. The fourth-order valence-corrected chi connectivity index (χ4v) is 3.03. The summed E-state index contributed by atoms with van der Waals surface area (Å²) in [6.07, 6.45) is 1.36. The molecule has 0 saturated carbocycles. The van der Waals surface area contributed by atoms with Crippen LogP contribution in [-0.4, -0.2) is 31.3 Å². The van der Waals surface area contributed by atoms with Crippen LogP contribution in [0.1, 0.15) is 32.1 Å². The van der Waals surface area contributed by atoms with Crippen LogP contribution >= 0.6 is 0 Å². The molecule has 0 aliphatic rings. The Hall–Kier alpha value is -3.94. The lowest BCUT2D eigenvalue weighted by atomic mass is 10.1. The third-order valence-electron chi connectivity index (χ3n) is 4.67. The first-order valence-corrected chi connectivity index (χ1v) is 8.65. The zero-order valence-corrected chi connectivity index (χ0v) is 15.4. The third-order valence-corrected chi connectivity index (χ3v) is 4.67. The van der Waals surface area contributed by atoms with Crippen molar-refractivity contribution in [2.24, 2.45) is 5.73 Å². The molecule has 2 aromatic carbocycles. The highest BCUT2D eigenvalue weighted by atomic mass is 16.2.